The number of non-ortho nitro benzene ring substituents is 1. The van der Waals surface area contributed by atoms with Crippen LogP contribution in [0.2, 0.25) is 5.02 Å². The third-order valence-corrected chi connectivity index (χ3v) is 4.17. The molecule has 0 bridgehead atoms. The Morgan fingerprint density at radius 3 is 2.62 bits per heavy atom. The molecule has 0 atom stereocenters. The first-order chi connectivity index (χ1) is 12.4. The zero-order valence-corrected chi connectivity index (χ0v) is 14.0. The van der Waals surface area contributed by atoms with E-state index in [-0.39, 0.29) is 22.1 Å². The molecule has 0 saturated carbocycles. The van der Waals surface area contributed by atoms with Crippen molar-refractivity contribution in [2.24, 2.45) is 0 Å². The Bertz CT molecular complexity index is 917. The molecule has 0 aromatic heterocycles. The van der Waals surface area contributed by atoms with Crippen LogP contribution in [-0.2, 0) is 11.2 Å². The van der Waals surface area contributed by atoms with Gasteiger partial charge in [0.25, 0.3) is 11.6 Å². The monoisotopic (exact) mass is 377 g/mol. The van der Waals surface area contributed by atoms with Crippen molar-refractivity contribution in [1.82, 2.24) is 0 Å². The Morgan fingerprint density at radius 1 is 1.15 bits per heavy atom. The summed E-state index contributed by atoms with van der Waals surface area (Å²) in [5.74, 6) is -0.460. The number of carbonyl (C=O) groups excluding carboxylic acids is 1. The minimum absolute atomic E-state index is 0.0360. The van der Waals surface area contributed by atoms with E-state index in [0.29, 0.717) is 24.2 Å². The number of rotatable bonds is 5. The minimum atomic E-state index is -0.643. The quantitative estimate of drug-likeness (QED) is 0.583. The standard InChI is InChI=1S/C16H12ClN3O6/c17-11-1-4-15(14(8-11)20(24)25)26-9-16(21)18-6-5-10-7-12(19(22)23)2-3-13(10)18/h1-4,7-8H,5-6,9H2. The topological polar surface area (TPSA) is 116 Å². The molecule has 26 heavy (non-hydrogen) atoms. The molecule has 3 rings (SSSR count). The maximum absolute atomic E-state index is 12.4. The zero-order valence-electron chi connectivity index (χ0n) is 13.3. The number of halogens is 1. The summed E-state index contributed by atoms with van der Waals surface area (Å²) in [5.41, 5.74) is 0.911. The number of fused-ring (bicyclic) bond motifs is 1. The van der Waals surface area contributed by atoms with Gasteiger partial charge in [-0.2, -0.15) is 0 Å². The first-order valence-corrected chi connectivity index (χ1v) is 7.89. The van der Waals surface area contributed by atoms with Crippen molar-refractivity contribution in [3.63, 3.8) is 0 Å². The van der Waals surface area contributed by atoms with Crippen molar-refractivity contribution < 1.29 is 19.4 Å². The van der Waals surface area contributed by atoms with Gasteiger partial charge in [-0.3, -0.25) is 25.0 Å². The second-order valence-corrected chi connectivity index (χ2v) is 5.96. The maximum Gasteiger partial charge on any atom is 0.312 e. The highest BCUT2D eigenvalue weighted by Gasteiger charge is 2.27. The number of benzene rings is 2. The van der Waals surface area contributed by atoms with Gasteiger partial charge in [0.15, 0.2) is 12.4 Å². The lowest BCUT2D eigenvalue weighted by Crippen LogP contribution is -2.33. The third-order valence-electron chi connectivity index (χ3n) is 3.94. The first kappa shape index (κ1) is 17.6. The lowest BCUT2D eigenvalue weighted by atomic mass is 10.1. The van der Waals surface area contributed by atoms with E-state index in [1.165, 1.54) is 35.2 Å². The van der Waals surface area contributed by atoms with E-state index in [9.17, 15) is 25.0 Å². The summed E-state index contributed by atoms with van der Waals surface area (Å²) in [4.78, 5) is 34.6. The highest BCUT2D eigenvalue weighted by atomic mass is 35.5. The van der Waals surface area contributed by atoms with E-state index in [2.05, 4.69) is 0 Å². The van der Waals surface area contributed by atoms with Crippen molar-refractivity contribution in [2.75, 3.05) is 18.1 Å². The van der Waals surface area contributed by atoms with Gasteiger partial charge in [0, 0.05) is 35.5 Å². The molecule has 0 unspecified atom stereocenters. The lowest BCUT2D eigenvalue weighted by Gasteiger charge is -2.17. The van der Waals surface area contributed by atoms with E-state index in [4.69, 9.17) is 16.3 Å². The Labute approximate surface area is 152 Å². The number of amides is 1. The molecule has 0 aliphatic carbocycles. The van der Waals surface area contributed by atoms with Gasteiger partial charge < -0.3 is 9.64 Å². The van der Waals surface area contributed by atoms with Gasteiger partial charge in [-0.05, 0) is 30.2 Å². The van der Waals surface area contributed by atoms with Crippen LogP contribution in [0.15, 0.2) is 36.4 Å². The summed E-state index contributed by atoms with van der Waals surface area (Å²) in [6.45, 7) is -0.0414. The number of hydrogen-bond acceptors (Lipinski definition) is 6. The highest BCUT2D eigenvalue weighted by Crippen LogP contribution is 2.32. The molecule has 1 aliphatic heterocycles. The smallest absolute Gasteiger partial charge is 0.312 e. The molecule has 10 heteroatoms. The zero-order chi connectivity index (χ0) is 18.8. The molecule has 2 aromatic rings. The Kier molecular flexibility index (Phi) is 4.72. The normalized spacial score (nSPS) is 12.6. The summed E-state index contributed by atoms with van der Waals surface area (Å²) >= 11 is 5.74. The van der Waals surface area contributed by atoms with Crippen LogP contribution < -0.4 is 9.64 Å². The van der Waals surface area contributed by atoms with E-state index in [1.54, 1.807) is 0 Å². The molecule has 1 heterocycles. The van der Waals surface area contributed by atoms with Crippen LogP contribution in [0, 0.1) is 20.2 Å². The highest BCUT2D eigenvalue weighted by molar-refractivity contribution is 6.30. The number of nitrogens with zero attached hydrogens (tertiary/aromatic N) is 3. The Hall–Kier alpha value is -3.20. The number of ether oxygens (including phenoxy) is 1. The first-order valence-electron chi connectivity index (χ1n) is 7.51. The van der Waals surface area contributed by atoms with Crippen LogP contribution in [-0.4, -0.2) is 28.9 Å². The molecule has 9 nitrogen and oxygen atoms in total. The van der Waals surface area contributed by atoms with Crippen molar-refractivity contribution in [3.8, 4) is 5.75 Å². The fourth-order valence-electron chi connectivity index (χ4n) is 2.73. The lowest BCUT2D eigenvalue weighted by molar-refractivity contribution is -0.385. The molecule has 134 valence electrons. The van der Waals surface area contributed by atoms with Crippen LogP contribution >= 0.6 is 11.6 Å². The van der Waals surface area contributed by atoms with Gasteiger partial charge in [0.2, 0.25) is 0 Å². The molecule has 0 spiro atoms. The number of hydrogen-bond donors (Lipinski definition) is 0. The van der Waals surface area contributed by atoms with Crippen LogP contribution in [0.4, 0.5) is 17.1 Å². The molecule has 0 saturated heterocycles. The van der Waals surface area contributed by atoms with Crippen molar-refractivity contribution in [1.29, 1.82) is 0 Å². The van der Waals surface area contributed by atoms with Crippen molar-refractivity contribution in [3.05, 3.63) is 67.2 Å². The van der Waals surface area contributed by atoms with Crippen molar-refractivity contribution in [2.45, 2.75) is 6.42 Å². The van der Waals surface area contributed by atoms with E-state index in [0.717, 1.165) is 6.07 Å². The van der Waals surface area contributed by atoms with Gasteiger partial charge in [-0.1, -0.05) is 11.6 Å². The summed E-state index contributed by atoms with van der Waals surface area (Å²) in [6.07, 6.45) is 0.490. The molecule has 0 radical (unpaired) electrons. The van der Waals surface area contributed by atoms with Gasteiger partial charge in [-0.25, -0.2) is 0 Å². The Balaban J connectivity index is 1.73. The van der Waals surface area contributed by atoms with Crippen LogP contribution in [0.1, 0.15) is 5.56 Å². The third kappa shape index (κ3) is 3.42. The van der Waals surface area contributed by atoms with Gasteiger partial charge in [-0.15, -0.1) is 0 Å². The van der Waals surface area contributed by atoms with Crippen molar-refractivity contribution >= 4 is 34.6 Å². The van der Waals surface area contributed by atoms with Gasteiger partial charge in [0.05, 0.1) is 9.85 Å². The Morgan fingerprint density at radius 2 is 1.92 bits per heavy atom. The largest absolute Gasteiger partial charge is 0.477 e. The number of anilines is 1. The molecule has 0 fully saturated rings. The van der Waals surface area contributed by atoms with Crippen LogP contribution in [0.25, 0.3) is 0 Å². The number of nitro benzene ring substituents is 2. The van der Waals surface area contributed by atoms with E-state index < -0.39 is 22.4 Å². The average Bonchev–Trinajstić information content (AvgIpc) is 3.03. The summed E-state index contributed by atoms with van der Waals surface area (Å²) in [7, 11) is 0. The van der Waals surface area contributed by atoms with Gasteiger partial charge in [0.1, 0.15) is 0 Å². The second kappa shape index (κ2) is 6.96. The number of nitro groups is 2. The predicted molar refractivity (Wildman–Crippen MR) is 92.8 cm³/mol. The van der Waals surface area contributed by atoms with E-state index in [1.807, 2.05) is 0 Å². The SMILES string of the molecule is O=C(COc1ccc(Cl)cc1[N+](=O)[O-])N1CCc2cc([N+](=O)[O-])ccc21. The summed E-state index contributed by atoms with van der Waals surface area (Å²) < 4.78 is 5.30. The molecule has 2 aromatic carbocycles. The molecular formula is C16H12ClN3O6. The molecule has 1 aliphatic rings. The molecule has 1 amide bonds. The predicted octanol–water partition coefficient (Wildman–Crippen LogP) is 3.12. The van der Waals surface area contributed by atoms with E-state index >= 15 is 0 Å². The molecular weight excluding hydrogens is 366 g/mol. The van der Waals surface area contributed by atoms with Crippen LogP contribution in [0.3, 0.4) is 0 Å². The second-order valence-electron chi connectivity index (χ2n) is 5.52. The fraction of sp³-hybridized carbons (Fsp3) is 0.188. The average molecular weight is 378 g/mol. The van der Waals surface area contributed by atoms with Crippen LogP contribution in [0.5, 0.6) is 5.75 Å². The minimum Gasteiger partial charge on any atom is -0.477 e. The van der Waals surface area contributed by atoms with Gasteiger partial charge >= 0.3 is 5.69 Å². The molecule has 0 N–H and O–H groups in total. The number of carbonyl (C=O) groups is 1. The maximum atomic E-state index is 12.4. The summed E-state index contributed by atoms with van der Waals surface area (Å²) in [6, 6.07) is 8.19. The fourth-order valence-corrected chi connectivity index (χ4v) is 2.90. The summed E-state index contributed by atoms with van der Waals surface area (Å²) in [5, 5.41) is 22.1.